The molecular formula is C19H22N2O3S. The van der Waals surface area contributed by atoms with Crippen molar-refractivity contribution in [2.75, 3.05) is 16.6 Å². The molecule has 0 saturated heterocycles. The average Bonchev–Trinajstić information content (AvgIpc) is 3.06. The monoisotopic (exact) mass is 358 g/mol. The summed E-state index contributed by atoms with van der Waals surface area (Å²) in [5.74, 6) is -0.0838. The van der Waals surface area contributed by atoms with E-state index < -0.39 is 10.0 Å². The molecule has 1 unspecified atom stereocenters. The number of sulfonamides is 1. The molecule has 0 aromatic heterocycles. The molecule has 1 heterocycles. The normalized spacial score (nSPS) is 14.9. The highest BCUT2D eigenvalue weighted by Crippen LogP contribution is 2.31. The molecule has 0 radical (unpaired) electrons. The van der Waals surface area contributed by atoms with Gasteiger partial charge in [0.05, 0.1) is 17.5 Å². The maximum atomic E-state index is 12.5. The number of nitrogens with one attached hydrogen (secondary N) is 1. The predicted octanol–water partition coefficient (Wildman–Crippen LogP) is 2.89. The average molecular weight is 358 g/mol. The molecule has 3 rings (SSSR count). The molecule has 0 spiro atoms. The van der Waals surface area contributed by atoms with Gasteiger partial charge in [-0.15, -0.1) is 0 Å². The lowest BCUT2D eigenvalue weighted by atomic mass is 10.1. The quantitative estimate of drug-likeness (QED) is 0.894. The summed E-state index contributed by atoms with van der Waals surface area (Å²) < 4.78 is 25.7. The number of benzene rings is 2. The second-order valence-electron chi connectivity index (χ2n) is 6.17. The second-order valence-corrected chi connectivity index (χ2v) is 8.35. The zero-order chi connectivity index (χ0) is 18.0. The van der Waals surface area contributed by atoms with Crippen LogP contribution in [0.2, 0.25) is 0 Å². The summed E-state index contributed by atoms with van der Waals surface area (Å²) in [5.41, 5.74) is 3.18. The summed E-state index contributed by atoms with van der Waals surface area (Å²) in [6.45, 7) is 4.02. The second kappa shape index (κ2) is 6.88. The van der Waals surface area contributed by atoms with Crippen LogP contribution in [0.3, 0.4) is 0 Å². The first-order chi connectivity index (χ1) is 11.9. The highest BCUT2D eigenvalue weighted by Gasteiger charge is 2.28. The van der Waals surface area contributed by atoms with Crippen molar-refractivity contribution in [3.8, 4) is 0 Å². The van der Waals surface area contributed by atoms with E-state index in [1.54, 1.807) is 25.1 Å². The summed E-state index contributed by atoms with van der Waals surface area (Å²) in [6, 6.07) is 14.9. The van der Waals surface area contributed by atoms with Crippen LogP contribution in [0.25, 0.3) is 0 Å². The number of nitrogens with zero attached hydrogens (tertiary/aromatic N) is 1. The zero-order valence-corrected chi connectivity index (χ0v) is 15.2. The maximum absolute atomic E-state index is 12.5. The van der Waals surface area contributed by atoms with Crippen molar-refractivity contribution in [3.05, 3.63) is 65.2 Å². The van der Waals surface area contributed by atoms with Gasteiger partial charge in [-0.3, -0.25) is 9.10 Å². The van der Waals surface area contributed by atoms with E-state index in [1.807, 2.05) is 37.3 Å². The fourth-order valence-electron chi connectivity index (χ4n) is 3.06. The fraction of sp³-hybridized carbons (Fsp3) is 0.316. The van der Waals surface area contributed by atoms with Crippen molar-refractivity contribution >= 4 is 21.6 Å². The van der Waals surface area contributed by atoms with Crippen LogP contribution in [0.15, 0.2) is 48.5 Å². The van der Waals surface area contributed by atoms with Crippen molar-refractivity contribution in [3.63, 3.8) is 0 Å². The number of anilines is 1. The largest absolute Gasteiger partial charge is 0.346 e. The van der Waals surface area contributed by atoms with Gasteiger partial charge in [-0.25, -0.2) is 8.42 Å². The van der Waals surface area contributed by atoms with E-state index >= 15 is 0 Å². The summed E-state index contributed by atoms with van der Waals surface area (Å²) in [4.78, 5) is 12.5. The Labute approximate surface area is 148 Å². The van der Waals surface area contributed by atoms with Gasteiger partial charge in [0.1, 0.15) is 0 Å². The van der Waals surface area contributed by atoms with Crippen LogP contribution in [-0.2, 0) is 16.4 Å². The van der Waals surface area contributed by atoms with Crippen molar-refractivity contribution in [1.82, 2.24) is 5.32 Å². The van der Waals surface area contributed by atoms with Gasteiger partial charge >= 0.3 is 0 Å². The van der Waals surface area contributed by atoms with E-state index in [1.165, 1.54) is 4.31 Å². The molecule has 0 bridgehead atoms. The Balaban J connectivity index is 1.78. The standard InChI is InChI=1S/C19H22N2O3S/c1-3-25(23,24)21-12-11-16-13-17(9-10-18(16)21)19(22)20-14(2)15-7-5-4-6-8-15/h4-10,13-14H,3,11-12H2,1-2H3,(H,20,22). The minimum absolute atomic E-state index is 0.0727. The SMILES string of the molecule is CCS(=O)(=O)N1CCc2cc(C(=O)NC(C)c3ccccc3)ccc21. The van der Waals surface area contributed by atoms with Gasteiger partial charge in [-0.2, -0.15) is 0 Å². The van der Waals surface area contributed by atoms with Crippen LogP contribution in [0.5, 0.6) is 0 Å². The molecule has 1 aliphatic heterocycles. The number of rotatable bonds is 5. The van der Waals surface area contributed by atoms with Crippen molar-refractivity contribution in [2.45, 2.75) is 26.3 Å². The van der Waals surface area contributed by atoms with Crippen LogP contribution in [0.4, 0.5) is 5.69 Å². The Kier molecular flexibility index (Phi) is 4.81. The first kappa shape index (κ1) is 17.5. The summed E-state index contributed by atoms with van der Waals surface area (Å²) in [6.07, 6.45) is 0.629. The van der Waals surface area contributed by atoms with E-state index in [4.69, 9.17) is 0 Å². The Morgan fingerprint density at radius 3 is 2.60 bits per heavy atom. The molecule has 5 nitrogen and oxygen atoms in total. The van der Waals surface area contributed by atoms with Crippen LogP contribution in [-0.4, -0.2) is 26.6 Å². The lowest BCUT2D eigenvalue weighted by molar-refractivity contribution is 0.0940. The van der Waals surface area contributed by atoms with Crippen molar-refractivity contribution in [2.24, 2.45) is 0 Å². The number of carbonyl (C=O) groups excluding carboxylic acids is 1. The predicted molar refractivity (Wildman–Crippen MR) is 99.3 cm³/mol. The van der Waals surface area contributed by atoms with Crippen LogP contribution >= 0.6 is 0 Å². The van der Waals surface area contributed by atoms with E-state index in [0.29, 0.717) is 24.2 Å². The minimum Gasteiger partial charge on any atom is -0.346 e. The fourth-order valence-corrected chi connectivity index (χ4v) is 4.22. The topological polar surface area (TPSA) is 66.5 Å². The van der Waals surface area contributed by atoms with Gasteiger partial charge in [0.15, 0.2) is 0 Å². The maximum Gasteiger partial charge on any atom is 0.251 e. The summed E-state index contributed by atoms with van der Waals surface area (Å²) >= 11 is 0. The smallest absolute Gasteiger partial charge is 0.251 e. The molecule has 1 N–H and O–H groups in total. The first-order valence-electron chi connectivity index (χ1n) is 8.41. The van der Waals surface area contributed by atoms with E-state index in [9.17, 15) is 13.2 Å². The molecular weight excluding hydrogens is 336 g/mol. The molecule has 2 aromatic carbocycles. The first-order valence-corrected chi connectivity index (χ1v) is 10.0. The Morgan fingerprint density at radius 1 is 1.20 bits per heavy atom. The Hall–Kier alpha value is -2.34. The van der Waals surface area contributed by atoms with Gasteiger partial charge < -0.3 is 5.32 Å². The highest BCUT2D eigenvalue weighted by molar-refractivity contribution is 7.92. The Morgan fingerprint density at radius 2 is 1.92 bits per heavy atom. The molecule has 0 fully saturated rings. The van der Waals surface area contributed by atoms with Gasteiger partial charge in [0.2, 0.25) is 10.0 Å². The number of hydrogen-bond donors (Lipinski definition) is 1. The summed E-state index contributed by atoms with van der Waals surface area (Å²) in [7, 11) is -3.27. The van der Waals surface area contributed by atoms with Gasteiger partial charge in [-0.1, -0.05) is 30.3 Å². The third-order valence-electron chi connectivity index (χ3n) is 4.54. The number of amides is 1. The molecule has 0 saturated carbocycles. The minimum atomic E-state index is -3.27. The van der Waals surface area contributed by atoms with Crippen LogP contribution in [0.1, 0.15) is 41.4 Å². The van der Waals surface area contributed by atoms with E-state index in [-0.39, 0.29) is 17.7 Å². The molecule has 132 valence electrons. The molecule has 1 amide bonds. The lowest BCUT2D eigenvalue weighted by Gasteiger charge is -2.19. The zero-order valence-electron chi connectivity index (χ0n) is 14.4. The molecule has 2 aromatic rings. The Bertz CT molecular complexity index is 879. The number of fused-ring (bicyclic) bond motifs is 1. The third-order valence-corrected chi connectivity index (χ3v) is 6.32. The lowest BCUT2D eigenvalue weighted by Crippen LogP contribution is -2.30. The van der Waals surface area contributed by atoms with Crippen molar-refractivity contribution in [1.29, 1.82) is 0 Å². The molecule has 6 heteroatoms. The van der Waals surface area contributed by atoms with Crippen LogP contribution < -0.4 is 9.62 Å². The molecule has 0 aliphatic carbocycles. The highest BCUT2D eigenvalue weighted by atomic mass is 32.2. The summed E-state index contributed by atoms with van der Waals surface area (Å²) in [5, 5.41) is 2.99. The van der Waals surface area contributed by atoms with Crippen LogP contribution in [0, 0.1) is 0 Å². The number of hydrogen-bond acceptors (Lipinski definition) is 3. The number of carbonyl (C=O) groups is 1. The van der Waals surface area contributed by atoms with Gasteiger partial charge in [0.25, 0.3) is 5.91 Å². The molecule has 1 atom stereocenters. The van der Waals surface area contributed by atoms with Gasteiger partial charge in [-0.05, 0) is 49.6 Å². The molecule has 1 aliphatic rings. The van der Waals surface area contributed by atoms with E-state index in [0.717, 1.165) is 11.1 Å². The molecule has 25 heavy (non-hydrogen) atoms. The van der Waals surface area contributed by atoms with Crippen molar-refractivity contribution < 1.29 is 13.2 Å². The van der Waals surface area contributed by atoms with Gasteiger partial charge in [0, 0.05) is 12.1 Å². The van der Waals surface area contributed by atoms with E-state index in [2.05, 4.69) is 5.32 Å². The third kappa shape index (κ3) is 3.54.